The summed E-state index contributed by atoms with van der Waals surface area (Å²) in [5.74, 6) is 0.242. The number of benzene rings is 1. The quantitative estimate of drug-likeness (QED) is 0.604. The molecule has 4 rings (SSSR count). The fourth-order valence-electron chi connectivity index (χ4n) is 4.41. The normalized spacial score (nSPS) is 18.9. The van der Waals surface area contributed by atoms with Crippen LogP contribution in [0.25, 0.3) is 0 Å². The number of carbonyl (C=O) groups excluding carboxylic acids is 3. The van der Waals surface area contributed by atoms with Gasteiger partial charge in [0.05, 0.1) is 31.6 Å². The lowest BCUT2D eigenvalue weighted by atomic mass is 9.93. The number of nitrogens with one attached hydrogen (secondary N) is 1. The van der Waals surface area contributed by atoms with Gasteiger partial charge in [0.25, 0.3) is 5.91 Å². The smallest absolute Gasteiger partial charge is 0.338 e. The molecule has 0 radical (unpaired) electrons. The van der Waals surface area contributed by atoms with E-state index in [2.05, 4.69) is 10.2 Å². The first-order valence-electron chi connectivity index (χ1n) is 11.6. The maximum atomic E-state index is 13.2. The van der Waals surface area contributed by atoms with E-state index in [-0.39, 0.29) is 18.5 Å². The molecule has 3 amide bonds. The zero-order chi connectivity index (χ0) is 24.9. The lowest BCUT2D eigenvalue weighted by Gasteiger charge is -2.39. The highest BCUT2D eigenvalue weighted by Crippen LogP contribution is 2.35. The highest BCUT2D eigenvalue weighted by molar-refractivity contribution is 5.95. The van der Waals surface area contributed by atoms with Gasteiger partial charge < -0.3 is 24.1 Å². The number of rotatable bonds is 7. The Hall–Kier alpha value is -3.79. The summed E-state index contributed by atoms with van der Waals surface area (Å²) in [5.41, 5.74) is 1.60. The molecular weight excluding hydrogens is 452 g/mol. The van der Waals surface area contributed by atoms with Gasteiger partial charge in [-0.1, -0.05) is 18.2 Å². The van der Waals surface area contributed by atoms with Crippen LogP contribution >= 0.6 is 0 Å². The van der Waals surface area contributed by atoms with E-state index in [1.54, 1.807) is 44.2 Å². The zero-order valence-electron chi connectivity index (χ0n) is 20.2. The van der Waals surface area contributed by atoms with Gasteiger partial charge in [-0.15, -0.1) is 0 Å². The number of nitrogens with zero attached hydrogens (tertiary/aromatic N) is 3. The van der Waals surface area contributed by atoms with Crippen LogP contribution in [0.5, 0.6) is 5.75 Å². The minimum absolute atomic E-state index is 0.147. The summed E-state index contributed by atoms with van der Waals surface area (Å²) in [7, 11) is 3.19. The SMILES string of the molecule is CCOC(=O)C1=C(CN2CCN(C(=O)c3ccco3)CC2)N(C)C(=O)NC1c1ccccc1OC. The Labute approximate surface area is 204 Å². The second-order valence-corrected chi connectivity index (χ2v) is 8.31. The summed E-state index contributed by atoms with van der Waals surface area (Å²) in [6.45, 7) is 4.49. The van der Waals surface area contributed by atoms with Crippen LogP contribution in [-0.2, 0) is 9.53 Å². The van der Waals surface area contributed by atoms with Crippen LogP contribution in [0.15, 0.2) is 58.3 Å². The molecule has 1 unspecified atom stereocenters. The number of ether oxygens (including phenoxy) is 2. The minimum atomic E-state index is -0.717. The third kappa shape index (κ3) is 5.02. The first kappa shape index (κ1) is 24.3. The number of hydrogen-bond donors (Lipinski definition) is 1. The molecule has 1 atom stereocenters. The molecule has 1 saturated heterocycles. The lowest BCUT2D eigenvalue weighted by molar-refractivity contribution is -0.139. The Morgan fingerprint density at radius 3 is 2.51 bits per heavy atom. The summed E-state index contributed by atoms with van der Waals surface area (Å²) < 4.78 is 16.1. The molecule has 0 aliphatic carbocycles. The molecule has 2 aliphatic heterocycles. The van der Waals surface area contributed by atoms with E-state index in [1.165, 1.54) is 11.2 Å². The second kappa shape index (κ2) is 10.6. The number of para-hydroxylation sites is 1. The monoisotopic (exact) mass is 482 g/mol. The molecule has 3 heterocycles. The molecule has 35 heavy (non-hydrogen) atoms. The number of likely N-dealkylation sites (N-methyl/N-ethyl adjacent to an activating group) is 1. The fraction of sp³-hybridized carbons (Fsp3) is 0.400. The molecule has 0 bridgehead atoms. The average molecular weight is 483 g/mol. The summed E-state index contributed by atoms with van der Waals surface area (Å²) >= 11 is 0. The molecule has 1 N–H and O–H groups in total. The van der Waals surface area contributed by atoms with E-state index in [0.717, 1.165) is 0 Å². The number of amides is 3. The van der Waals surface area contributed by atoms with E-state index in [4.69, 9.17) is 13.9 Å². The highest BCUT2D eigenvalue weighted by Gasteiger charge is 2.39. The molecule has 10 nitrogen and oxygen atoms in total. The third-order valence-electron chi connectivity index (χ3n) is 6.29. The maximum Gasteiger partial charge on any atom is 0.338 e. The van der Waals surface area contributed by atoms with Crippen molar-refractivity contribution in [3.63, 3.8) is 0 Å². The van der Waals surface area contributed by atoms with Crippen molar-refractivity contribution in [2.75, 3.05) is 53.5 Å². The molecule has 2 aromatic rings. The predicted octanol–water partition coefficient (Wildman–Crippen LogP) is 2.26. The third-order valence-corrected chi connectivity index (χ3v) is 6.29. The number of urea groups is 1. The number of furan rings is 1. The van der Waals surface area contributed by atoms with Gasteiger partial charge >= 0.3 is 12.0 Å². The van der Waals surface area contributed by atoms with Gasteiger partial charge in [-0.25, -0.2) is 9.59 Å². The molecule has 10 heteroatoms. The average Bonchev–Trinajstić information content (AvgIpc) is 3.42. The summed E-state index contributed by atoms with van der Waals surface area (Å²) in [6, 6.07) is 9.58. The van der Waals surface area contributed by atoms with Crippen LogP contribution in [0.3, 0.4) is 0 Å². The lowest BCUT2D eigenvalue weighted by Crippen LogP contribution is -2.53. The Bertz CT molecular complexity index is 1100. The molecular formula is C25H30N4O6. The van der Waals surface area contributed by atoms with Crippen molar-refractivity contribution in [1.29, 1.82) is 0 Å². The van der Waals surface area contributed by atoms with Crippen LogP contribution in [0, 0.1) is 0 Å². The van der Waals surface area contributed by atoms with Crippen LogP contribution in [0.2, 0.25) is 0 Å². The first-order chi connectivity index (χ1) is 16.9. The van der Waals surface area contributed by atoms with E-state index in [1.807, 2.05) is 18.2 Å². The minimum Gasteiger partial charge on any atom is -0.496 e. The molecule has 1 aromatic heterocycles. The van der Waals surface area contributed by atoms with Crippen LogP contribution in [0.1, 0.15) is 29.1 Å². The van der Waals surface area contributed by atoms with Gasteiger partial charge in [0.2, 0.25) is 0 Å². The van der Waals surface area contributed by atoms with Gasteiger partial charge in [-0.2, -0.15) is 0 Å². The van der Waals surface area contributed by atoms with E-state index in [0.29, 0.717) is 61.1 Å². The van der Waals surface area contributed by atoms with Gasteiger partial charge in [-0.3, -0.25) is 14.6 Å². The Balaban J connectivity index is 1.61. The highest BCUT2D eigenvalue weighted by atomic mass is 16.5. The topological polar surface area (TPSA) is 105 Å². The van der Waals surface area contributed by atoms with Crippen molar-refractivity contribution in [3.8, 4) is 5.75 Å². The van der Waals surface area contributed by atoms with Crippen LogP contribution < -0.4 is 10.1 Å². The van der Waals surface area contributed by atoms with Gasteiger partial charge in [0.15, 0.2) is 5.76 Å². The fourth-order valence-corrected chi connectivity index (χ4v) is 4.41. The van der Waals surface area contributed by atoms with Crippen molar-refractivity contribution in [1.82, 2.24) is 20.0 Å². The van der Waals surface area contributed by atoms with Crippen molar-refractivity contribution in [2.24, 2.45) is 0 Å². The summed E-state index contributed by atoms with van der Waals surface area (Å²) in [4.78, 5) is 44.0. The number of carbonyl (C=O) groups is 3. The van der Waals surface area contributed by atoms with Crippen molar-refractivity contribution < 1.29 is 28.3 Å². The molecule has 186 valence electrons. The predicted molar refractivity (Wildman–Crippen MR) is 127 cm³/mol. The molecule has 0 saturated carbocycles. The van der Waals surface area contributed by atoms with E-state index in [9.17, 15) is 14.4 Å². The number of methoxy groups -OCH3 is 1. The molecule has 2 aliphatic rings. The summed E-state index contributed by atoms with van der Waals surface area (Å²) in [5, 5.41) is 2.92. The van der Waals surface area contributed by atoms with Crippen molar-refractivity contribution in [2.45, 2.75) is 13.0 Å². The first-order valence-corrected chi connectivity index (χ1v) is 11.6. The van der Waals surface area contributed by atoms with Crippen LogP contribution in [0.4, 0.5) is 4.79 Å². The van der Waals surface area contributed by atoms with Crippen molar-refractivity contribution >= 4 is 17.9 Å². The Morgan fingerprint density at radius 1 is 1.11 bits per heavy atom. The van der Waals surface area contributed by atoms with Gasteiger partial charge in [0.1, 0.15) is 5.75 Å². The Morgan fingerprint density at radius 2 is 1.86 bits per heavy atom. The van der Waals surface area contributed by atoms with Crippen molar-refractivity contribution in [3.05, 3.63) is 65.3 Å². The van der Waals surface area contributed by atoms with E-state index >= 15 is 0 Å². The largest absolute Gasteiger partial charge is 0.496 e. The number of hydrogen-bond acceptors (Lipinski definition) is 7. The second-order valence-electron chi connectivity index (χ2n) is 8.31. The molecule has 0 spiro atoms. The molecule has 1 aromatic carbocycles. The number of piperazine rings is 1. The van der Waals surface area contributed by atoms with E-state index < -0.39 is 12.0 Å². The molecule has 1 fully saturated rings. The maximum absolute atomic E-state index is 13.2. The number of esters is 1. The van der Waals surface area contributed by atoms with Gasteiger partial charge in [0, 0.05) is 51.0 Å². The summed E-state index contributed by atoms with van der Waals surface area (Å²) in [6.07, 6.45) is 1.48. The van der Waals surface area contributed by atoms with Gasteiger partial charge in [-0.05, 0) is 25.1 Å². The Kier molecular flexibility index (Phi) is 7.40. The zero-order valence-corrected chi connectivity index (χ0v) is 20.2. The standard InChI is InChI=1S/C25H30N4O6/c1-4-34-24(31)21-18(16-28-11-13-29(14-12-28)23(30)20-10-7-15-35-20)27(2)25(32)26-22(21)17-8-5-6-9-19(17)33-3/h5-10,15,22H,4,11-14,16H2,1-3H3,(H,26,32). The van der Waals surface area contributed by atoms with Crippen LogP contribution in [-0.4, -0.2) is 86.1 Å².